The van der Waals surface area contributed by atoms with Gasteiger partial charge in [0.15, 0.2) is 0 Å². The lowest BCUT2D eigenvalue weighted by atomic mass is 10.1. The summed E-state index contributed by atoms with van der Waals surface area (Å²) in [6.45, 7) is 5.54. The van der Waals surface area contributed by atoms with Crippen LogP contribution in [0.25, 0.3) is 6.08 Å². The van der Waals surface area contributed by atoms with E-state index in [1.165, 1.54) is 4.68 Å². The average molecular weight is 220 g/mol. The Morgan fingerprint density at radius 2 is 2.25 bits per heavy atom. The van der Waals surface area contributed by atoms with E-state index in [4.69, 9.17) is 4.74 Å². The summed E-state index contributed by atoms with van der Waals surface area (Å²) in [5.41, 5.74) is 1.47. The Balaban J connectivity index is 2.25. The highest BCUT2D eigenvalue weighted by Gasteiger charge is 2.22. The van der Waals surface area contributed by atoms with Gasteiger partial charge in [-0.3, -0.25) is 0 Å². The minimum Gasteiger partial charge on any atom is -0.442 e. The first kappa shape index (κ1) is 10.9. The smallest absolute Gasteiger partial charge is 0.435 e. The van der Waals surface area contributed by atoms with Crippen LogP contribution in [0.4, 0.5) is 4.79 Å². The van der Waals surface area contributed by atoms with Gasteiger partial charge in [-0.25, -0.2) is 4.79 Å². The largest absolute Gasteiger partial charge is 0.442 e. The van der Waals surface area contributed by atoms with Crippen LogP contribution in [0, 0.1) is 0 Å². The molecule has 1 heterocycles. The molecule has 0 spiro atoms. The molecule has 0 aliphatic heterocycles. The Labute approximate surface area is 94.9 Å². The number of fused-ring (bicyclic) bond motifs is 1. The quantitative estimate of drug-likeness (QED) is 0.675. The maximum Gasteiger partial charge on any atom is 0.435 e. The van der Waals surface area contributed by atoms with Crippen molar-refractivity contribution >= 4 is 12.2 Å². The van der Waals surface area contributed by atoms with Gasteiger partial charge in [-0.2, -0.15) is 9.78 Å². The third-order valence-electron chi connectivity index (χ3n) is 2.31. The molecule has 0 radical (unpaired) electrons. The van der Waals surface area contributed by atoms with Crippen LogP contribution in [0.5, 0.6) is 0 Å². The van der Waals surface area contributed by atoms with Gasteiger partial charge >= 0.3 is 6.09 Å². The summed E-state index contributed by atoms with van der Waals surface area (Å²) in [5.74, 6) is 0. The number of hydrogen-bond donors (Lipinski definition) is 0. The topological polar surface area (TPSA) is 44.1 Å². The molecule has 4 nitrogen and oxygen atoms in total. The van der Waals surface area contributed by atoms with Crippen molar-refractivity contribution in [2.75, 3.05) is 0 Å². The Morgan fingerprint density at radius 1 is 1.50 bits per heavy atom. The lowest BCUT2D eigenvalue weighted by molar-refractivity contribution is 0.0509. The van der Waals surface area contributed by atoms with Gasteiger partial charge in [0.05, 0.1) is 11.9 Å². The van der Waals surface area contributed by atoms with E-state index in [1.54, 1.807) is 6.20 Å². The van der Waals surface area contributed by atoms with Gasteiger partial charge in [-0.15, -0.1) is 0 Å². The minimum absolute atomic E-state index is 0.399. The number of hydrogen-bond acceptors (Lipinski definition) is 3. The molecule has 0 bridgehead atoms. The highest BCUT2D eigenvalue weighted by molar-refractivity contribution is 5.72. The molecule has 4 heteroatoms. The number of carbonyl (C=O) groups is 1. The fourth-order valence-electron chi connectivity index (χ4n) is 1.67. The molecule has 0 atom stereocenters. The van der Waals surface area contributed by atoms with Gasteiger partial charge in [-0.1, -0.05) is 12.2 Å². The van der Waals surface area contributed by atoms with Gasteiger partial charge in [-0.05, 0) is 33.6 Å². The van der Waals surface area contributed by atoms with E-state index < -0.39 is 11.7 Å². The van der Waals surface area contributed by atoms with Gasteiger partial charge in [0.1, 0.15) is 5.60 Å². The van der Waals surface area contributed by atoms with E-state index in [1.807, 2.05) is 26.8 Å². The molecule has 2 rings (SSSR count). The molecule has 1 aromatic heterocycles. The summed E-state index contributed by atoms with van der Waals surface area (Å²) in [5, 5.41) is 4.07. The third kappa shape index (κ3) is 2.15. The van der Waals surface area contributed by atoms with Crippen molar-refractivity contribution in [2.24, 2.45) is 0 Å². The van der Waals surface area contributed by atoms with Crippen LogP contribution in [-0.2, 0) is 11.2 Å². The van der Waals surface area contributed by atoms with Crippen molar-refractivity contribution in [1.29, 1.82) is 0 Å². The molecule has 0 fully saturated rings. The van der Waals surface area contributed by atoms with Crippen molar-refractivity contribution in [3.05, 3.63) is 23.5 Å². The summed E-state index contributed by atoms with van der Waals surface area (Å²) >= 11 is 0. The second kappa shape index (κ2) is 3.77. The van der Waals surface area contributed by atoms with Crippen molar-refractivity contribution in [3.8, 4) is 0 Å². The Bertz CT molecular complexity index is 438. The highest BCUT2D eigenvalue weighted by atomic mass is 16.6. The van der Waals surface area contributed by atoms with E-state index >= 15 is 0 Å². The standard InChI is InChI=1S/C12H16N2O2/c1-12(2,3)16-11(15)14-10-7-5-4-6-9(10)8-13-14/h4,6,8H,5,7H2,1-3H3. The summed E-state index contributed by atoms with van der Waals surface area (Å²) < 4.78 is 6.65. The first-order valence-electron chi connectivity index (χ1n) is 5.44. The van der Waals surface area contributed by atoms with E-state index in [-0.39, 0.29) is 0 Å². The first-order chi connectivity index (χ1) is 7.47. The molecule has 86 valence electrons. The van der Waals surface area contributed by atoms with Crippen LogP contribution >= 0.6 is 0 Å². The number of rotatable bonds is 0. The number of carbonyl (C=O) groups excluding carboxylic acids is 1. The Morgan fingerprint density at radius 3 is 2.94 bits per heavy atom. The van der Waals surface area contributed by atoms with Crippen LogP contribution in [0.15, 0.2) is 12.3 Å². The molecule has 0 saturated carbocycles. The van der Waals surface area contributed by atoms with Crippen molar-refractivity contribution in [1.82, 2.24) is 9.78 Å². The average Bonchev–Trinajstić information content (AvgIpc) is 2.58. The molecule has 0 N–H and O–H groups in total. The molecule has 0 amide bonds. The summed E-state index contributed by atoms with van der Waals surface area (Å²) in [6.07, 6.45) is 7.17. The molecular weight excluding hydrogens is 204 g/mol. The SMILES string of the molecule is CC(C)(C)OC(=O)n1ncc2c1CCC=C2. The molecule has 1 aromatic rings. The van der Waals surface area contributed by atoms with E-state index in [0.29, 0.717) is 0 Å². The fraction of sp³-hybridized carbons (Fsp3) is 0.500. The zero-order valence-electron chi connectivity index (χ0n) is 9.86. The van der Waals surface area contributed by atoms with E-state index in [0.717, 1.165) is 24.1 Å². The van der Waals surface area contributed by atoms with Gasteiger partial charge in [0.2, 0.25) is 0 Å². The molecule has 1 aliphatic carbocycles. The van der Waals surface area contributed by atoms with Gasteiger partial charge in [0.25, 0.3) is 0 Å². The predicted molar refractivity (Wildman–Crippen MR) is 61.2 cm³/mol. The molecule has 0 aromatic carbocycles. The third-order valence-corrected chi connectivity index (χ3v) is 2.31. The minimum atomic E-state index is -0.486. The number of ether oxygens (including phenoxy) is 1. The van der Waals surface area contributed by atoms with Crippen molar-refractivity contribution in [3.63, 3.8) is 0 Å². The molecular formula is C12H16N2O2. The predicted octanol–water partition coefficient (Wildman–Crippen LogP) is 2.63. The zero-order chi connectivity index (χ0) is 11.8. The molecule has 1 aliphatic rings. The summed E-state index contributed by atoms with van der Waals surface area (Å²) in [4.78, 5) is 11.8. The summed E-state index contributed by atoms with van der Waals surface area (Å²) in [7, 11) is 0. The zero-order valence-corrected chi connectivity index (χ0v) is 9.86. The van der Waals surface area contributed by atoms with E-state index in [9.17, 15) is 4.79 Å². The van der Waals surface area contributed by atoms with E-state index in [2.05, 4.69) is 11.2 Å². The maximum atomic E-state index is 11.8. The molecule has 0 saturated heterocycles. The lowest BCUT2D eigenvalue weighted by Crippen LogP contribution is -2.28. The van der Waals surface area contributed by atoms with Crippen LogP contribution in [0.2, 0.25) is 0 Å². The van der Waals surface area contributed by atoms with Gasteiger partial charge in [0, 0.05) is 5.56 Å². The van der Waals surface area contributed by atoms with Crippen molar-refractivity contribution in [2.45, 2.75) is 39.2 Å². The summed E-state index contributed by atoms with van der Waals surface area (Å²) in [6, 6.07) is 0. The van der Waals surface area contributed by atoms with Gasteiger partial charge < -0.3 is 4.74 Å². The lowest BCUT2D eigenvalue weighted by Gasteiger charge is -2.20. The second-order valence-electron chi connectivity index (χ2n) is 4.88. The molecule has 16 heavy (non-hydrogen) atoms. The van der Waals surface area contributed by atoms with Crippen LogP contribution in [-0.4, -0.2) is 21.5 Å². The first-order valence-corrected chi connectivity index (χ1v) is 5.44. The maximum absolute atomic E-state index is 11.8. The van der Waals surface area contributed by atoms with Crippen LogP contribution in [0.3, 0.4) is 0 Å². The monoisotopic (exact) mass is 220 g/mol. The highest BCUT2D eigenvalue weighted by Crippen LogP contribution is 2.19. The normalized spacial score (nSPS) is 14.7. The van der Waals surface area contributed by atoms with Crippen LogP contribution < -0.4 is 0 Å². The fourth-order valence-corrected chi connectivity index (χ4v) is 1.67. The second-order valence-corrected chi connectivity index (χ2v) is 4.88. The number of aromatic nitrogens is 2. The van der Waals surface area contributed by atoms with Crippen molar-refractivity contribution < 1.29 is 9.53 Å². The Kier molecular flexibility index (Phi) is 2.58. The number of nitrogens with zero attached hydrogens (tertiary/aromatic N) is 2. The number of allylic oxidation sites excluding steroid dienone is 1. The van der Waals surface area contributed by atoms with Crippen LogP contribution in [0.1, 0.15) is 38.4 Å². The molecule has 0 unspecified atom stereocenters. The Hall–Kier alpha value is -1.58.